The molecule has 0 saturated heterocycles. The lowest BCUT2D eigenvalue weighted by Crippen LogP contribution is -1.93. The molecule has 5 aromatic rings. The van der Waals surface area contributed by atoms with E-state index in [1.165, 1.54) is 0 Å². The molecule has 144 valence electrons. The molecule has 0 radical (unpaired) electrons. The van der Waals surface area contributed by atoms with E-state index in [0.717, 1.165) is 38.8 Å². The Bertz CT molecular complexity index is 1270. The molecular weight excluding hydrogens is 386 g/mol. The first-order valence-electron chi connectivity index (χ1n) is 9.76. The van der Waals surface area contributed by atoms with Crippen LogP contribution in [0, 0.1) is 0 Å². The minimum Gasteiger partial charge on any atom is -0.240 e. The smallest absolute Gasteiger partial charge is 0.116 e. The van der Waals surface area contributed by atoms with E-state index in [1.807, 2.05) is 59.3 Å². The van der Waals surface area contributed by atoms with Gasteiger partial charge in [0.2, 0.25) is 0 Å². The fourth-order valence-electron chi connectivity index (χ4n) is 3.31. The van der Waals surface area contributed by atoms with E-state index in [9.17, 15) is 0 Å². The van der Waals surface area contributed by atoms with E-state index in [-0.39, 0.29) is 0 Å². The summed E-state index contributed by atoms with van der Waals surface area (Å²) in [4.78, 5) is 4.77. The van der Waals surface area contributed by atoms with E-state index < -0.39 is 0 Å². The largest absolute Gasteiger partial charge is 0.240 e. The van der Waals surface area contributed by atoms with Crippen molar-refractivity contribution in [1.29, 1.82) is 0 Å². The first-order chi connectivity index (χ1) is 14.9. The number of hydrogen-bond acceptors (Lipinski definition) is 3. The van der Waals surface area contributed by atoms with Crippen LogP contribution in [-0.2, 0) is 0 Å². The Balaban J connectivity index is 1.50. The number of benzene rings is 3. The maximum Gasteiger partial charge on any atom is 0.116 e. The first kappa shape index (κ1) is 18.3. The highest BCUT2D eigenvalue weighted by atomic mass is 32.1. The molecule has 0 spiro atoms. The van der Waals surface area contributed by atoms with Crippen LogP contribution < -0.4 is 0 Å². The topological polar surface area (TPSA) is 30.7 Å². The van der Waals surface area contributed by atoms with Crippen molar-refractivity contribution < 1.29 is 0 Å². The zero-order valence-corrected chi connectivity index (χ0v) is 17.0. The summed E-state index contributed by atoms with van der Waals surface area (Å²) in [7, 11) is 0. The van der Waals surface area contributed by atoms with Crippen molar-refractivity contribution in [2.24, 2.45) is 0 Å². The van der Waals surface area contributed by atoms with Crippen molar-refractivity contribution in [2.75, 3.05) is 0 Å². The molecule has 0 aliphatic rings. The lowest BCUT2D eigenvalue weighted by molar-refractivity contribution is 0.884. The van der Waals surface area contributed by atoms with Gasteiger partial charge in [-0.25, -0.2) is 9.67 Å². The van der Waals surface area contributed by atoms with Crippen molar-refractivity contribution in [3.05, 3.63) is 113 Å². The van der Waals surface area contributed by atoms with Gasteiger partial charge in [-0.2, -0.15) is 5.10 Å². The van der Waals surface area contributed by atoms with E-state index in [4.69, 9.17) is 10.1 Å². The molecule has 0 aliphatic carbocycles. The van der Waals surface area contributed by atoms with Gasteiger partial charge < -0.3 is 0 Å². The summed E-state index contributed by atoms with van der Waals surface area (Å²) in [6, 6.07) is 30.7. The first-order valence-corrected chi connectivity index (χ1v) is 10.6. The van der Waals surface area contributed by atoms with Gasteiger partial charge in [0.05, 0.1) is 17.1 Å². The van der Waals surface area contributed by atoms with Gasteiger partial charge in [-0.3, -0.25) is 0 Å². The van der Waals surface area contributed by atoms with Crippen LogP contribution in [0.15, 0.2) is 103 Å². The molecule has 0 amide bonds. The normalized spacial score (nSPS) is 11.2. The van der Waals surface area contributed by atoms with Crippen molar-refractivity contribution in [1.82, 2.24) is 14.8 Å². The fraction of sp³-hybridized carbons (Fsp3) is 0. The second-order valence-corrected chi connectivity index (χ2v) is 7.74. The summed E-state index contributed by atoms with van der Waals surface area (Å²) in [5, 5.41) is 7.93. The molecule has 0 fully saturated rings. The zero-order valence-electron chi connectivity index (χ0n) is 16.2. The summed E-state index contributed by atoms with van der Waals surface area (Å²) >= 11 is 1.64. The molecule has 4 heteroatoms. The highest BCUT2D eigenvalue weighted by Gasteiger charge is 2.10. The third-order valence-electron chi connectivity index (χ3n) is 4.81. The van der Waals surface area contributed by atoms with Gasteiger partial charge in [0.1, 0.15) is 5.01 Å². The molecule has 3 aromatic carbocycles. The molecular formula is C26H19N3S. The standard InChI is InChI=1S/C26H19N3S/c1-4-10-20(11-5-1)24-19-30-25(27-24)17-16-22-18-29(23-14-8-3-9-15-23)28-26(22)21-12-6-2-7-13-21/h1-19H/b17-16+. The van der Waals surface area contributed by atoms with Crippen molar-refractivity contribution in [3.8, 4) is 28.2 Å². The Morgan fingerprint density at radius 3 is 2.03 bits per heavy atom. The number of rotatable bonds is 5. The summed E-state index contributed by atoms with van der Waals surface area (Å²) in [6.07, 6.45) is 6.23. The number of hydrogen-bond donors (Lipinski definition) is 0. The quantitative estimate of drug-likeness (QED) is 0.321. The van der Waals surface area contributed by atoms with Crippen LogP contribution in [0.5, 0.6) is 0 Å². The lowest BCUT2D eigenvalue weighted by atomic mass is 10.1. The molecule has 0 aliphatic heterocycles. The monoisotopic (exact) mass is 405 g/mol. The van der Waals surface area contributed by atoms with Gasteiger partial charge in [0.25, 0.3) is 0 Å². The van der Waals surface area contributed by atoms with Crippen molar-refractivity contribution >= 4 is 23.5 Å². The number of aromatic nitrogens is 3. The zero-order chi connectivity index (χ0) is 20.2. The van der Waals surface area contributed by atoms with Gasteiger partial charge in [-0.05, 0) is 24.3 Å². The molecule has 2 aromatic heterocycles. The van der Waals surface area contributed by atoms with Gasteiger partial charge in [0.15, 0.2) is 0 Å². The summed E-state index contributed by atoms with van der Waals surface area (Å²) in [5.74, 6) is 0. The number of nitrogens with zero attached hydrogens (tertiary/aromatic N) is 3. The van der Waals surface area contributed by atoms with Crippen LogP contribution in [0.4, 0.5) is 0 Å². The summed E-state index contributed by atoms with van der Waals surface area (Å²) in [5.41, 5.74) is 6.28. The van der Waals surface area contributed by atoms with Crippen molar-refractivity contribution in [3.63, 3.8) is 0 Å². The van der Waals surface area contributed by atoms with Crippen LogP contribution in [0.3, 0.4) is 0 Å². The van der Waals surface area contributed by atoms with E-state index in [0.29, 0.717) is 0 Å². The highest BCUT2D eigenvalue weighted by molar-refractivity contribution is 7.10. The third kappa shape index (κ3) is 3.86. The minimum atomic E-state index is 0.954. The molecule has 0 atom stereocenters. The Morgan fingerprint density at radius 1 is 0.700 bits per heavy atom. The fourth-order valence-corrected chi connectivity index (χ4v) is 4.03. The van der Waals surface area contributed by atoms with Gasteiger partial charge in [0, 0.05) is 28.3 Å². The molecule has 0 saturated carbocycles. The second kappa shape index (κ2) is 8.31. The minimum absolute atomic E-state index is 0.954. The molecule has 30 heavy (non-hydrogen) atoms. The predicted molar refractivity (Wildman–Crippen MR) is 125 cm³/mol. The molecule has 5 rings (SSSR count). The average Bonchev–Trinajstić information content (AvgIpc) is 3.47. The predicted octanol–water partition coefficient (Wildman–Crippen LogP) is 6.83. The van der Waals surface area contributed by atoms with Gasteiger partial charge >= 0.3 is 0 Å². The third-order valence-corrected chi connectivity index (χ3v) is 5.62. The van der Waals surface area contributed by atoms with Crippen LogP contribution in [-0.4, -0.2) is 14.8 Å². The average molecular weight is 406 g/mol. The van der Waals surface area contributed by atoms with E-state index in [1.54, 1.807) is 11.3 Å². The molecule has 0 N–H and O–H groups in total. The molecule has 0 bridgehead atoms. The Kier molecular flexibility index (Phi) is 5.06. The highest BCUT2D eigenvalue weighted by Crippen LogP contribution is 2.27. The van der Waals surface area contributed by atoms with Crippen LogP contribution in [0.1, 0.15) is 10.6 Å². The van der Waals surface area contributed by atoms with Crippen molar-refractivity contribution in [2.45, 2.75) is 0 Å². The second-order valence-electron chi connectivity index (χ2n) is 6.85. The van der Waals surface area contributed by atoms with E-state index in [2.05, 4.69) is 60.1 Å². The number of thiazole rings is 1. The molecule has 0 unspecified atom stereocenters. The molecule has 3 nitrogen and oxygen atoms in total. The van der Waals surface area contributed by atoms with Gasteiger partial charge in [-0.15, -0.1) is 11.3 Å². The van der Waals surface area contributed by atoms with Crippen LogP contribution in [0.2, 0.25) is 0 Å². The van der Waals surface area contributed by atoms with Crippen LogP contribution in [0.25, 0.3) is 40.4 Å². The Hall–Kier alpha value is -3.76. The summed E-state index contributed by atoms with van der Waals surface area (Å²) in [6.45, 7) is 0. The van der Waals surface area contributed by atoms with Gasteiger partial charge in [-0.1, -0.05) is 78.9 Å². The Labute approximate surface area is 179 Å². The Morgan fingerprint density at radius 2 is 1.33 bits per heavy atom. The van der Waals surface area contributed by atoms with Crippen LogP contribution >= 0.6 is 11.3 Å². The maximum absolute atomic E-state index is 4.86. The lowest BCUT2D eigenvalue weighted by Gasteiger charge is -2.00. The molecule has 2 heterocycles. The number of para-hydroxylation sites is 1. The maximum atomic E-state index is 4.86. The van der Waals surface area contributed by atoms with E-state index >= 15 is 0 Å². The summed E-state index contributed by atoms with van der Waals surface area (Å²) < 4.78 is 1.93. The SMILES string of the molecule is C(=C\c1cn(-c2ccccc2)nc1-c1ccccc1)/c1nc(-c2ccccc2)cs1.